The lowest BCUT2D eigenvalue weighted by atomic mass is 10.2. The summed E-state index contributed by atoms with van der Waals surface area (Å²) in [5.74, 6) is 5.90. The molecule has 0 spiro atoms. The summed E-state index contributed by atoms with van der Waals surface area (Å²) < 4.78 is 14.8. The quantitative estimate of drug-likeness (QED) is 0.651. The van der Waals surface area contributed by atoms with Crippen LogP contribution < -0.4 is 11.2 Å². The van der Waals surface area contributed by atoms with E-state index in [1.807, 2.05) is 13.8 Å². The fourth-order valence-corrected chi connectivity index (χ4v) is 2.32. The number of benzene rings is 1. The molecule has 112 valence electrons. The van der Waals surface area contributed by atoms with Crippen molar-refractivity contribution in [2.45, 2.75) is 24.9 Å². The Hall–Kier alpha value is -2.09. The third-order valence-corrected chi connectivity index (χ3v) is 3.63. The number of nitrogens with zero attached hydrogens (tertiary/aromatic N) is 3. The largest absolute Gasteiger partial charge is 0.336 e. The van der Waals surface area contributed by atoms with Crippen LogP contribution in [0.15, 0.2) is 29.4 Å². The normalized spacial score (nSPS) is 10.9. The highest BCUT2D eigenvalue weighted by atomic mass is 32.2. The van der Waals surface area contributed by atoms with Gasteiger partial charge in [0.15, 0.2) is 5.82 Å². The zero-order valence-corrected chi connectivity index (χ0v) is 12.5. The molecule has 1 amide bonds. The first-order valence-corrected chi connectivity index (χ1v) is 7.35. The Labute approximate surface area is 125 Å². The molecule has 0 atom stereocenters. The second-order valence-corrected chi connectivity index (χ2v) is 5.62. The van der Waals surface area contributed by atoms with E-state index in [1.54, 1.807) is 12.1 Å². The number of rotatable bonds is 5. The predicted octanol–water partition coefficient (Wildman–Crippen LogP) is 1.99. The van der Waals surface area contributed by atoms with Crippen molar-refractivity contribution in [1.29, 1.82) is 0 Å². The molecule has 1 aromatic carbocycles. The minimum Gasteiger partial charge on any atom is -0.336 e. The standard InChI is InChI=1S/C13H16FN5OS/c1-8(2)12-17-18-13(19(12)15)21-7-11(20)16-10-6-4-3-5-9(10)14/h3-6,8H,7,15H2,1-2H3,(H,16,20). The number of nitrogen functional groups attached to an aromatic ring is 1. The molecule has 0 bridgehead atoms. The fourth-order valence-electron chi connectivity index (χ4n) is 1.66. The second-order valence-electron chi connectivity index (χ2n) is 4.68. The third-order valence-electron chi connectivity index (χ3n) is 2.69. The van der Waals surface area contributed by atoms with Crippen LogP contribution in [0.25, 0.3) is 0 Å². The molecule has 0 aliphatic rings. The van der Waals surface area contributed by atoms with Gasteiger partial charge in [-0.1, -0.05) is 37.7 Å². The van der Waals surface area contributed by atoms with Crippen LogP contribution >= 0.6 is 11.8 Å². The molecule has 0 fully saturated rings. The van der Waals surface area contributed by atoms with Crippen molar-refractivity contribution < 1.29 is 9.18 Å². The Kier molecular flexibility index (Phi) is 4.79. The van der Waals surface area contributed by atoms with Crippen molar-refractivity contribution in [3.8, 4) is 0 Å². The van der Waals surface area contributed by atoms with Gasteiger partial charge in [0.2, 0.25) is 11.1 Å². The number of hydrogen-bond acceptors (Lipinski definition) is 5. The Bertz CT molecular complexity index is 643. The summed E-state index contributed by atoms with van der Waals surface area (Å²) in [4.78, 5) is 11.8. The lowest BCUT2D eigenvalue weighted by molar-refractivity contribution is -0.113. The maximum Gasteiger partial charge on any atom is 0.234 e. The van der Waals surface area contributed by atoms with Crippen LogP contribution in [0.2, 0.25) is 0 Å². The highest BCUT2D eigenvalue weighted by molar-refractivity contribution is 7.99. The Morgan fingerprint density at radius 1 is 1.43 bits per heavy atom. The molecule has 0 aliphatic carbocycles. The number of aromatic nitrogens is 3. The average molecular weight is 309 g/mol. The first-order valence-electron chi connectivity index (χ1n) is 6.36. The molecule has 21 heavy (non-hydrogen) atoms. The first kappa shape index (κ1) is 15.3. The number of hydrogen-bond donors (Lipinski definition) is 2. The van der Waals surface area contributed by atoms with Crippen molar-refractivity contribution in [2.75, 3.05) is 16.9 Å². The van der Waals surface area contributed by atoms with Crippen molar-refractivity contribution in [3.05, 3.63) is 35.9 Å². The van der Waals surface area contributed by atoms with Crippen LogP contribution in [0.1, 0.15) is 25.6 Å². The maximum absolute atomic E-state index is 13.4. The lowest BCUT2D eigenvalue weighted by Gasteiger charge is -2.07. The van der Waals surface area contributed by atoms with E-state index in [2.05, 4.69) is 15.5 Å². The minimum absolute atomic E-state index is 0.0712. The monoisotopic (exact) mass is 309 g/mol. The Balaban J connectivity index is 1.94. The summed E-state index contributed by atoms with van der Waals surface area (Å²) >= 11 is 1.15. The third kappa shape index (κ3) is 3.72. The van der Waals surface area contributed by atoms with Gasteiger partial charge in [0.1, 0.15) is 5.82 Å². The molecule has 2 rings (SSSR count). The lowest BCUT2D eigenvalue weighted by Crippen LogP contribution is -2.18. The van der Waals surface area contributed by atoms with Gasteiger partial charge in [0.05, 0.1) is 11.4 Å². The molecule has 8 heteroatoms. The number of amides is 1. The van der Waals surface area contributed by atoms with E-state index in [4.69, 9.17) is 5.84 Å². The summed E-state index contributed by atoms with van der Waals surface area (Å²) in [5, 5.41) is 10.8. The number of anilines is 1. The second kappa shape index (κ2) is 6.57. The van der Waals surface area contributed by atoms with Gasteiger partial charge in [-0.05, 0) is 12.1 Å². The van der Waals surface area contributed by atoms with Gasteiger partial charge in [-0.25, -0.2) is 9.07 Å². The van der Waals surface area contributed by atoms with Gasteiger partial charge in [-0.3, -0.25) is 4.79 Å². The number of nitrogens with one attached hydrogen (secondary N) is 1. The van der Waals surface area contributed by atoms with E-state index in [-0.39, 0.29) is 23.3 Å². The van der Waals surface area contributed by atoms with Crippen LogP contribution in [-0.4, -0.2) is 26.5 Å². The van der Waals surface area contributed by atoms with Crippen LogP contribution in [0.3, 0.4) is 0 Å². The molecule has 1 heterocycles. The summed E-state index contributed by atoms with van der Waals surface area (Å²) in [5.41, 5.74) is 0.153. The molecule has 0 saturated heterocycles. The molecular weight excluding hydrogens is 293 g/mol. The van der Waals surface area contributed by atoms with E-state index in [0.717, 1.165) is 11.8 Å². The number of carbonyl (C=O) groups excluding carboxylic acids is 1. The minimum atomic E-state index is -0.472. The van der Waals surface area contributed by atoms with Crippen LogP contribution in [-0.2, 0) is 4.79 Å². The Morgan fingerprint density at radius 3 is 2.76 bits per heavy atom. The SMILES string of the molecule is CC(C)c1nnc(SCC(=O)Nc2ccccc2F)n1N. The van der Waals surface area contributed by atoms with Crippen LogP contribution in [0.5, 0.6) is 0 Å². The van der Waals surface area contributed by atoms with Crippen LogP contribution in [0, 0.1) is 5.82 Å². The summed E-state index contributed by atoms with van der Waals surface area (Å²) in [6.07, 6.45) is 0. The number of thioether (sulfide) groups is 1. The molecule has 0 saturated carbocycles. The zero-order chi connectivity index (χ0) is 15.4. The molecule has 3 N–H and O–H groups in total. The molecule has 0 radical (unpaired) electrons. The topological polar surface area (TPSA) is 85.8 Å². The fraction of sp³-hybridized carbons (Fsp3) is 0.308. The number of halogens is 1. The van der Waals surface area contributed by atoms with E-state index in [1.165, 1.54) is 16.8 Å². The van der Waals surface area contributed by atoms with Crippen molar-refractivity contribution in [1.82, 2.24) is 14.9 Å². The van der Waals surface area contributed by atoms with Gasteiger partial charge in [0, 0.05) is 5.92 Å². The summed E-state index contributed by atoms with van der Waals surface area (Å²) in [6.45, 7) is 3.90. The zero-order valence-electron chi connectivity index (χ0n) is 11.7. The van der Waals surface area contributed by atoms with Gasteiger partial charge in [-0.15, -0.1) is 10.2 Å². The van der Waals surface area contributed by atoms with E-state index in [0.29, 0.717) is 11.0 Å². The van der Waals surface area contributed by atoms with E-state index < -0.39 is 5.82 Å². The van der Waals surface area contributed by atoms with Crippen LogP contribution in [0.4, 0.5) is 10.1 Å². The highest BCUT2D eigenvalue weighted by Crippen LogP contribution is 2.19. The number of para-hydroxylation sites is 1. The molecule has 1 aromatic heterocycles. The van der Waals surface area contributed by atoms with Gasteiger partial charge >= 0.3 is 0 Å². The van der Waals surface area contributed by atoms with E-state index in [9.17, 15) is 9.18 Å². The summed E-state index contributed by atoms with van der Waals surface area (Å²) in [7, 11) is 0. The van der Waals surface area contributed by atoms with Gasteiger partial charge in [0.25, 0.3) is 0 Å². The molecule has 0 unspecified atom stereocenters. The van der Waals surface area contributed by atoms with E-state index >= 15 is 0 Å². The number of nitrogens with two attached hydrogens (primary N) is 1. The molecular formula is C13H16FN5OS. The maximum atomic E-state index is 13.4. The predicted molar refractivity (Wildman–Crippen MR) is 80.0 cm³/mol. The molecule has 6 nitrogen and oxygen atoms in total. The number of carbonyl (C=O) groups is 1. The van der Waals surface area contributed by atoms with Gasteiger partial charge in [-0.2, -0.15) is 0 Å². The summed E-state index contributed by atoms with van der Waals surface area (Å²) in [6, 6.07) is 6.00. The van der Waals surface area contributed by atoms with Crippen molar-refractivity contribution in [2.24, 2.45) is 0 Å². The van der Waals surface area contributed by atoms with Crippen molar-refractivity contribution in [3.63, 3.8) is 0 Å². The Morgan fingerprint density at radius 2 is 2.14 bits per heavy atom. The van der Waals surface area contributed by atoms with Gasteiger partial charge < -0.3 is 11.2 Å². The first-order chi connectivity index (χ1) is 9.99. The molecule has 0 aliphatic heterocycles. The molecule has 2 aromatic rings. The smallest absolute Gasteiger partial charge is 0.234 e. The highest BCUT2D eigenvalue weighted by Gasteiger charge is 2.14. The van der Waals surface area contributed by atoms with Crippen molar-refractivity contribution >= 4 is 23.4 Å². The average Bonchev–Trinajstić information content (AvgIpc) is 2.80.